The van der Waals surface area contributed by atoms with Crippen LogP contribution >= 0.6 is 35.3 Å². The van der Waals surface area contributed by atoms with Crippen LogP contribution in [0.2, 0.25) is 0 Å². The minimum Gasteiger partial charge on any atom is -0.356 e. The third kappa shape index (κ3) is 8.86. The molecule has 0 amide bonds. The fraction of sp³-hybridized carbons (Fsp3) is 0.737. The van der Waals surface area contributed by atoms with E-state index in [0.717, 1.165) is 38.4 Å². The molecule has 2 unspecified atom stereocenters. The standard InChI is InChI=1S/C19H31F3N4S.HI/c1-4-25(14-19(20,21)22)12-16-7-8-26(13-16)18(23-3)24-11-15(2)10-17-6-5-9-27-17;/h5-6,9,15-16H,4,7-8,10-14H2,1-3H3,(H,23,24);1H. The van der Waals surface area contributed by atoms with Crippen molar-refractivity contribution in [2.75, 3.05) is 46.3 Å². The molecule has 28 heavy (non-hydrogen) atoms. The maximum absolute atomic E-state index is 12.7. The SMILES string of the molecule is CCN(CC1CCN(C(=NC)NCC(C)Cc2cccs2)C1)CC(F)(F)F.I. The lowest BCUT2D eigenvalue weighted by Crippen LogP contribution is -2.43. The van der Waals surface area contributed by atoms with Crippen LogP contribution in [0.5, 0.6) is 0 Å². The average Bonchev–Trinajstić information content (AvgIpc) is 3.26. The molecule has 0 spiro atoms. The topological polar surface area (TPSA) is 30.9 Å². The molecule has 2 rings (SSSR count). The lowest BCUT2D eigenvalue weighted by atomic mass is 10.1. The van der Waals surface area contributed by atoms with E-state index < -0.39 is 12.7 Å². The molecule has 1 fully saturated rings. The van der Waals surface area contributed by atoms with Crippen LogP contribution in [-0.2, 0) is 6.42 Å². The smallest absolute Gasteiger partial charge is 0.356 e. The zero-order valence-electron chi connectivity index (χ0n) is 16.8. The van der Waals surface area contributed by atoms with Crippen molar-refractivity contribution in [3.63, 3.8) is 0 Å². The van der Waals surface area contributed by atoms with Gasteiger partial charge in [0.15, 0.2) is 5.96 Å². The van der Waals surface area contributed by atoms with Crippen LogP contribution in [0.15, 0.2) is 22.5 Å². The van der Waals surface area contributed by atoms with Crippen LogP contribution in [0, 0.1) is 11.8 Å². The van der Waals surface area contributed by atoms with Gasteiger partial charge in [-0.2, -0.15) is 13.2 Å². The lowest BCUT2D eigenvalue weighted by Gasteiger charge is -2.26. The Kier molecular flexibility index (Phi) is 11.1. The number of hydrogen-bond donors (Lipinski definition) is 1. The van der Waals surface area contributed by atoms with E-state index in [1.807, 2.05) is 0 Å². The molecule has 0 bridgehead atoms. The van der Waals surface area contributed by atoms with Crippen molar-refractivity contribution in [3.05, 3.63) is 22.4 Å². The van der Waals surface area contributed by atoms with Crippen LogP contribution in [-0.4, -0.2) is 68.3 Å². The molecular formula is C19H32F3IN4S. The highest BCUT2D eigenvalue weighted by Crippen LogP contribution is 2.21. The predicted octanol–water partition coefficient (Wildman–Crippen LogP) is 4.33. The summed E-state index contributed by atoms with van der Waals surface area (Å²) in [5.74, 6) is 1.59. The van der Waals surface area contributed by atoms with Gasteiger partial charge in [-0.05, 0) is 42.7 Å². The summed E-state index contributed by atoms with van der Waals surface area (Å²) in [4.78, 5) is 9.42. The summed E-state index contributed by atoms with van der Waals surface area (Å²) in [5.41, 5.74) is 0. The Morgan fingerprint density at radius 3 is 2.79 bits per heavy atom. The average molecular weight is 532 g/mol. The molecule has 1 saturated heterocycles. The van der Waals surface area contributed by atoms with Gasteiger partial charge in [0.1, 0.15) is 0 Å². The minimum absolute atomic E-state index is 0. The molecule has 1 aliphatic heterocycles. The fourth-order valence-corrected chi connectivity index (χ4v) is 4.41. The first-order chi connectivity index (χ1) is 12.8. The van der Waals surface area contributed by atoms with E-state index in [2.05, 4.69) is 39.6 Å². The second-order valence-electron chi connectivity index (χ2n) is 7.36. The van der Waals surface area contributed by atoms with Gasteiger partial charge in [0.05, 0.1) is 6.54 Å². The maximum atomic E-state index is 12.7. The van der Waals surface area contributed by atoms with Gasteiger partial charge in [-0.25, -0.2) is 0 Å². The molecule has 4 nitrogen and oxygen atoms in total. The summed E-state index contributed by atoms with van der Waals surface area (Å²) in [6, 6.07) is 4.23. The van der Waals surface area contributed by atoms with Crippen molar-refractivity contribution in [3.8, 4) is 0 Å². The van der Waals surface area contributed by atoms with Gasteiger partial charge < -0.3 is 10.2 Å². The number of thiophene rings is 1. The Morgan fingerprint density at radius 1 is 1.46 bits per heavy atom. The van der Waals surface area contributed by atoms with Crippen molar-refractivity contribution >= 4 is 41.3 Å². The van der Waals surface area contributed by atoms with Crippen molar-refractivity contribution < 1.29 is 13.2 Å². The molecule has 162 valence electrons. The van der Waals surface area contributed by atoms with E-state index in [1.165, 1.54) is 9.78 Å². The molecule has 0 saturated carbocycles. The number of hydrogen-bond acceptors (Lipinski definition) is 3. The van der Waals surface area contributed by atoms with Gasteiger partial charge in [0.25, 0.3) is 0 Å². The Bertz CT molecular complexity index is 580. The highest BCUT2D eigenvalue weighted by atomic mass is 127. The van der Waals surface area contributed by atoms with Gasteiger partial charge in [0.2, 0.25) is 0 Å². The van der Waals surface area contributed by atoms with Crippen LogP contribution in [0.25, 0.3) is 0 Å². The summed E-state index contributed by atoms with van der Waals surface area (Å²) in [7, 11) is 1.77. The summed E-state index contributed by atoms with van der Waals surface area (Å²) in [5, 5.41) is 5.53. The predicted molar refractivity (Wildman–Crippen MR) is 122 cm³/mol. The summed E-state index contributed by atoms with van der Waals surface area (Å²) in [6.07, 6.45) is -2.20. The molecule has 2 heterocycles. The zero-order chi connectivity index (χ0) is 19.9. The summed E-state index contributed by atoms with van der Waals surface area (Å²) < 4.78 is 38.0. The minimum atomic E-state index is -4.13. The molecule has 2 atom stereocenters. The van der Waals surface area contributed by atoms with Crippen LogP contribution in [0.3, 0.4) is 0 Å². The van der Waals surface area contributed by atoms with E-state index in [4.69, 9.17) is 0 Å². The Morgan fingerprint density at radius 2 is 2.21 bits per heavy atom. The zero-order valence-corrected chi connectivity index (χ0v) is 20.0. The normalized spacial score (nSPS) is 19.0. The van der Waals surface area contributed by atoms with Crippen LogP contribution in [0.4, 0.5) is 13.2 Å². The van der Waals surface area contributed by atoms with Crippen molar-refractivity contribution in [1.29, 1.82) is 0 Å². The summed E-state index contributed by atoms with van der Waals surface area (Å²) >= 11 is 1.78. The van der Waals surface area contributed by atoms with Crippen LogP contribution in [0.1, 0.15) is 25.1 Å². The molecule has 1 aromatic heterocycles. The maximum Gasteiger partial charge on any atom is 0.401 e. The fourth-order valence-electron chi connectivity index (χ4n) is 3.54. The largest absolute Gasteiger partial charge is 0.401 e. The second-order valence-corrected chi connectivity index (χ2v) is 8.39. The Labute approximate surface area is 187 Å². The quantitative estimate of drug-likeness (QED) is 0.308. The molecule has 0 radical (unpaired) electrons. The number of alkyl halides is 3. The molecule has 1 N–H and O–H groups in total. The second kappa shape index (κ2) is 12.2. The molecule has 0 aromatic carbocycles. The van der Waals surface area contributed by atoms with Crippen molar-refractivity contribution in [2.45, 2.75) is 32.9 Å². The van der Waals surface area contributed by atoms with E-state index in [9.17, 15) is 13.2 Å². The lowest BCUT2D eigenvalue weighted by molar-refractivity contribution is -0.146. The first-order valence-corrected chi connectivity index (χ1v) is 10.5. The molecule has 1 aromatic rings. The molecule has 1 aliphatic rings. The highest BCUT2D eigenvalue weighted by molar-refractivity contribution is 14.0. The van der Waals surface area contributed by atoms with E-state index in [1.54, 1.807) is 25.3 Å². The van der Waals surface area contributed by atoms with Gasteiger partial charge in [-0.1, -0.05) is 19.9 Å². The van der Waals surface area contributed by atoms with Crippen LogP contribution < -0.4 is 5.32 Å². The van der Waals surface area contributed by atoms with Crippen molar-refractivity contribution in [1.82, 2.24) is 15.1 Å². The molecule has 0 aliphatic carbocycles. The first kappa shape index (κ1) is 25.5. The molecular weight excluding hydrogens is 500 g/mol. The number of nitrogens with one attached hydrogen (secondary N) is 1. The van der Waals surface area contributed by atoms with Gasteiger partial charge in [-0.15, -0.1) is 35.3 Å². The number of rotatable bonds is 8. The van der Waals surface area contributed by atoms with E-state index in [0.29, 0.717) is 19.0 Å². The Balaban J connectivity index is 0.00000392. The number of nitrogens with zero attached hydrogens (tertiary/aromatic N) is 3. The molecule has 9 heteroatoms. The summed E-state index contributed by atoms with van der Waals surface area (Å²) in [6.45, 7) is 6.51. The Hall–Kier alpha value is -0.550. The number of guanidine groups is 1. The highest BCUT2D eigenvalue weighted by Gasteiger charge is 2.33. The van der Waals surface area contributed by atoms with E-state index in [-0.39, 0.29) is 29.9 Å². The number of aliphatic imine (C=N–C) groups is 1. The third-order valence-electron chi connectivity index (χ3n) is 4.90. The first-order valence-electron chi connectivity index (χ1n) is 9.57. The number of halogens is 4. The number of likely N-dealkylation sites (tertiary alicyclic amines) is 1. The van der Waals surface area contributed by atoms with E-state index >= 15 is 0 Å². The van der Waals surface area contributed by atoms with Crippen molar-refractivity contribution in [2.24, 2.45) is 16.8 Å². The van der Waals surface area contributed by atoms with Gasteiger partial charge in [0, 0.05) is 38.1 Å². The monoisotopic (exact) mass is 532 g/mol. The van der Waals surface area contributed by atoms with Gasteiger partial charge in [-0.3, -0.25) is 9.89 Å². The van der Waals surface area contributed by atoms with Gasteiger partial charge >= 0.3 is 6.18 Å². The third-order valence-corrected chi connectivity index (χ3v) is 5.80.